The van der Waals surface area contributed by atoms with E-state index in [1.54, 1.807) is 24.3 Å². The van der Waals surface area contributed by atoms with Crippen molar-refractivity contribution in [1.82, 2.24) is 4.89 Å². The van der Waals surface area contributed by atoms with Crippen LogP contribution in [0.3, 0.4) is 0 Å². The minimum atomic E-state index is -4.15. The molecule has 10 heteroatoms. The van der Waals surface area contributed by atoms with Crippen molar-refractivity contribution in [3.63, 3.8) is 0 Å². The summed E-state index contributed by atoms with van der Waals surface area (Å²) in [5, 5.41) is 14.1. The molecule has 30 heavy (non-hydrogen) atoms. The zero-order valence-electron chi connectivity index (χ0n) is 17.0. The molecule has 2 aliphatic carbocycles. The zero-order chi connectivity index (χ0) is 22.3. The fourth-order valence-electron chi connectivity index (χ4n) is 5.48. The lowest BCUT2D eigenvalue weighted by molar-refractivity contribution is 0.242. The minimum absolute atomic E-state index is 0.00907. The molecule has 0 bridgehead atoms. The number of fused-ring (bicyclic) bond motifs is 5. The average molecular weight is 453 g/mol. The Morgan fingerprint density at radius 1 is 0.900 bits per heavy atom. The second kappa shape index (κ2) is 6.27. The highest BCUT2D eigenvalue weighted by Gasteiger charge is 2.58. The van der Waals surface area contributed by atoms with Crippen molar-refractivity contribution in [2.24, 2.45) is 5.14 Å². The molecule has 4 rings (SSSR count). The number of sulfonamides is 1. The second-order valence-corrected chi connectivity index (χ2v) is 11.9. The fourth-order valence-corrected chi connectivity index (χ4v) is 6.49. The van der Waals surface area contributed by atoms with Crippen LogP contribution in [0.1, 0.15) is 61.8 Å². The summed E-state index contributed by atoms with van der Waals surface area (Å²) in [5.41, 5.74) is 3.22. The lowest BCUT2D eigenvalue weighted by Gasteiger charge is -2.31. The molecule has 2 atom stereocenters. The van der Waals surface area contributed by atoms with Crippen LogP contribution in [0.4, 0.5) is 0 Å². The third-order valence-electron chi connectivity index (χ3n) is 6.64. The van der Waals surface area contributed by atoms with Crippen LogP contribution >= 0.6 is 0 Å². The van der Waals surface area contributed by atoms with E-state index < -0.39 is 20.3 Å². The third kappa shape index (κ3) is 2.97. The van der Waals surface area contributed by atoms with Gasteiger partial charge in [-0.15, -0.1) is 0 Å². The summed E-state index contributed by atoms with van der Waals surface area (Å²) in [6.07, 6.45) is 0. The van der Waals surface area contributed by atoms with E-state index in [1.807, 2.05) is 6.07 Å². The normalized spacial score (nSPS) is 23.5. The topological polar surface area (TPSA) is 136 Å². The molecule has 0 spiro atoms. The molecule has 2 unspecified atom stereocenters. The second-order valence-electron chi connectivity index (χ2n) is 9.07. The number of hydrogen-bond acceptors (Lipinski definition) is 6. The first-order chi connectivity index (χ1) is 13.7. The van der Waals surface area contributed by atoms with Gasteiger partial charge in [0.25, 0.3) is 10.0 Å². The van der Waals surface area contributed by atoms with Crippen molar-refractivity contribution >= 4 is 20.3 Å². The summed E-state index contributed by atoms with van der Waals surface area (Å²) in [4.78, 5) is 1.37. The summed E-state index contributed by atoms with van der Waals surface area (Å²) in [7, 11) is -8.16. The maximum atomic E-state index is 12.2. The molecule has 0 amide bonds. The number of rotatable bonds is 4. The van der Waals surface area contributed by atoms with Crippen LogP contribution in [-0.2, 0) is 31.2 Å². The van der Waals surface area contributed by atoms with Gasteiger partial charge < -0.3 is 9.39 Å². The van der Waals surface area contributed by atoms with E-state index in [0.29, 0.717) is 0 Å². The van der Waals surface area contributed by atoms with Crippen LogP contribution in [0.25, 0.3) is 0 Å². The van der Waals surface area contributed by atoms with Crippen LogP contribution in [-0.4, -0.2) is 22.0 Å². The van der Waals surface area contributed by atoms with E-state index in [-0.39, 0.29) is 33.3 Å². The number of benzene rings is 2. The quantitative estimate of drug-likeness (QED) is 0.610. The van der Waals surface area contributed by atoms with Gasteiger partial charge in [0.05, 0.1) is 4.90 Å². The Hall–Kier alpha value is -1.98. The van der Waals surface area contributed by atoms with Crippen molar-refractivity contribution in [1.29, 1.82) is 0 Å². The Balaban J connectivity index is 1.93. The molecule has 4 N–H and O–H groups in total. The Labute approximate surface area is 176 Å². The summed E-state index contributed by atoms with van der Waals surface area (Å²) in [5.74, 6) is 0.0739. The molecule has 0 saturated carbocycles. The number of nitrogens with one attached hydrogen (secondary N) is 1. The third-order valence-corrected chi connectivity index (χ3v) is 8.18. The van der Waals surface area contributed by atoms with Crippen LogP contribution in [0.5, 0.6) is 5.75 Å². The largest absolute Gasteiger partial charge is 0.380 e. The van der Waals surface area contributed by atoms with Gasteiger partial charge in [0.15, 0.2) is 0 Å². The molecule has 0 heterocycles. The van der Waals surface area contributed by atoms with Gasteiger partial charge in [-0.05, 0) is 57.3 Å². The van der Waals surface area contributed by atoms with Crippen molar-refractivity contribution in [2.75, 3.05) is 0 Å². The molecule has 8 nitrogen and oxygen atoms in total. The van der Waals surface area contributed by atoms with Gasteiger partial charge in [-0.1, -0.05) is 44.7 Å². The van der Waals surface area contributed by atoms with Crippen molar-refractivity contribution in [2.45, 2.75) is 55.3 Å². The van der Waals surface area contributed by atoms with E-state index in [4.69, 9.17) is 14.5 Å². The van der Waals surface area contributed by atoms with Gasteiger partial charge in [-0.3, -0.25) is 0 Å². The van der Waals surface area contributed by atoms with E-state index in [2.05, 4.69) is 27.7 Å². The zero-order valence-corrected chi connectivity index (χ0v) is 18.6. The van der Waals surface area contributed by atoms with Gasteiger partial charge in [0, 0.05) is 11.8 Å². The van der Waals surface area contributed by atoms with Crippen molar-refractivity contribution in [3.05, 3.63) is 58.7 Å². The van der Waals surface area contributed by atoms with Crippen LogP contribution in [0.2, 0.25) is 0 Å². The molecule has 0 fully saturated rings. The number of hydrogen-bond donors (Lipinski definition) is 3. The summed E-state index contributed by atoms with van der Waals surface area (Å²) in [6.45, 7) is 8.36. The Bertz CT molecular complexity index is 1270. The molecule has 2 aromatic rings. The molecule has 0 aromatic heterocycles. The molecule has 0 saturated heterocycles. The van der Waals surface area contributed by atoms with Gasteiger partial charge >= 0.3 is 10.3 Å². The monoisotopic (exact) mass is 452 g/mol. The first kappa shape index (κ1) is 21.3. The minimum Gasteiger partial charge on any atom is -0.371 e. The summed E-state index contributed by atoms with van der Waals surface area (Å²) >= 11 is 0. The highest BCUT2D eigenvalue weighted by atomic mass is 32.2. The molecular formula is C20H24N2O6S2. The standard InChI is InChI=1S/C20H24N2O6S2/c1-19(2)15-7-5-11(28-30(21,26)27)9-13(15)17-18(19)14-10-12(29(24,25)22-23)6-8-16(14)20(17,3)4/h5-10,17-18,22-23H,1-4H3,(H2,21,26,27). The van der Waals surface area contributed by atoms with Gasteiger partial charge in [-0.25, -0.2) is 8.42 Å². The van der Waals surface area contributed by atoms with E-state index in [9.17, 15) is 16.8 Å². The predicted octanol–water partition coefficient (Wildman–Crippen LogP) is 2.39. The average Bonchev–Trinajstić information content (AvgIpc) is 3.01. The highest BCUT2D eigenvalue weighted by Crippen LogP contribution is 2.67. The van der Waals surface area contributed by atoms with Crippen molar-refractivity contribution in [3.8, 4) is 5.75 Å². The first-order valence-electron chi connectivity index (χ1n) is 9.37. The van der Waals surface area contributed by atoms with Gasteiger partial charge in [0.2, 0.25) is 0 Å². The Morgan fingerprint density at radius 3 is 1.90 bits per heavy atom. The predicted molar refractivity (Wildman–Crippen MR) is 110 cm³/mol. The molecule has 2 aliphatic rings. The Morgan fingerprint density at radius 2 is 1.40 bits per heavy atom. The summed E-state index contributed by atoms with van der Waals surface area (Å²) < 4.78 is 52.0. The van der Waals surface area contributed by atoms with E-state index >= 15 is 0 Å². The smallest absolute Gasteiger partial charge is 0.371 e. The van der Waals surface area contributed by atoms with Crippen molar-refractivity contribution < 1.29 is 26.2 Å². The van der Waals surface area contributed by atoms with E-state index in [1.165, 1.54) is 11.0 Å². The molecule has 0 aliphatic heterocycles. The highest BCUT2D eigenvalue weighted by molar-refractivity contribution is 7.89. The number of nitrogens with two attached hydrogens (primary N) is 1. The summed E-state index contributed by atoms with van der Waals surface area (Å²) in [6, 6.07) is 10.0. The van der Waals surface area contributed by atoms with Gasteiger partial charge in [-0.2, -0.15) is 13.6 Å². The van der Waals surface area contributed by atoms with Gasteiger partial charge in [0.1, 0.15) is 5.75 Å². The Kier molecular flexibility index (Phi) is 4.44. The van der Waals surface area contributed by atoms with Crippen LogP contribution < -0.4 is 14.2 Å². The lowest BCUT2D eigenvalue weighted by Crippen LogP contribution is -2.25. The maximum absolute atomic E-state index is 12.2. The van der Waals surface area contributed by atoms with Crippen LogP contribution in [0.15, 0.2) is 41.3 Å². The fraction of sp³-hybridized carbons (Fsp3) is 0.400. The molecule has 2 aromatic carbocycles. The molecule has 0 radical (unpaired) electrons. The first-order valence-corrected chi connectivity index (χ1v) is 12.3. The SMILES string of the molecule is CC1(C)c2ccc(S(=O)(=O)NO)cc2C2C1c1cc(OS(N)(=O)=O)ccc1C2(C)C. The molecule has 162 valence electrons. The molecular weight excluding hydrogens is 428 g/mol. The van der Waals surface area contributed by atoms with Crippen LogP contribution in [0, 0.1) is 0 Å². The van der Waals surface area contributed by atoms with E-state index in [0.717, 1.165) is 22.3 Å². The maximum Gasteiger partial charge on any atom is 0.380 e. The lowest BCUT2D eigenvalue weighted by atomic mass is 9.72.